The third-order valence-corrected chi connectivity index (χ3v) is 2.31. The Balaban J connectivity index is 1.97. The molecule has 1 aromatic heterocycles. The fourth-order valence-electron chi connectivity index (χ4n) is 1.44. The van der Waals surface area contributed by atoms with E-state index in [-0.39, 0.29) is 0 Å². The van der Waals surface area contributed by atoms with Crippen LogP contribution < -0.4 is 11.1 Å². The van der Waals surface area contributed by atoms with Gasteiger partial charge in [-0.3, -0.25) is 4.68 Å². The van der Waals surface area contributed by atoms with Gasteiger partial charge in [0.2, 0.25) is 0 Å². The lowest BCUT2D eigenvalue weighted by atomic mass is 10.2. The summed E-state index contributed by atoms with van der Waals surface area (Å²) >= 11 is 0. The van der Waals surface area contributed by atoms with Gasteiger partial charge in [-0.1, -0.05) is 5.21 Å². The highest BCUT2D eigenvalue weighted by atomic mass is 15.4. The third-order valence-electron chi connectivity index (χ3n) is 2.31. The van der Waals surface area contributed by atoms with Crippen LogP contribution in [0.2, 0.25) is 0 Å². The van der Waals surface area contributed by atoms with Crippen molar-refractivity contribution in [3.63, 3.8) is 0 Å². The molecule has 0 aliphatic carbocycles. The summed E-state index contributed by atoms with van der Waals surface area (Å²) in [6.07, 6.45) is 3.42. The number of nitrogens with zero attached hydrogens (tertiary/aromatic N) is 4. The number of hydrogen-bond donors (Lipinski definition) is 2. The van der Waals surface area contributed by atoms with Gasteiger partial charge in [0.25, 0.3) is 0 Å². The number of aromatic nitrogens is 3. The van der Waals surface area contributed by atoms with Gasteiger partial charge < -0.3 is 11.1 Å². The highest BCUT2D eigenvalue weighted by Crippen LogP contribution is 2.19. The smallest absolute Gasteiger partial charge is 0.0992 e. The Morgan fingerprint density at radius 2 is 2.35 bits per heavy atom. The zero-order valence-corrected chi connectivity index (χ0v) is 9.17. The van der Waals surface area contributed by atoms with Crippen LogP contribution >= 0.6 is 0 Å². The standard InChI is InChI=1S/C11H12N6/c12-8-9-1-2-10(13)11(7-9)14-3-5-17-6-4-15-16-17/h1-2,4,6-7,14H,3,5,13H2. The maximum Gasteiger partial charge on any atom is 0.0992 e. The SMILES string of the molecule is N#Cc1ccc(N)c(NCCn2ccnn2)c1. The second-order valence-electron chi connectivity index (χ2n) is 3.51. The second-order valence-corrected chi connectivity index (χ2v) is 3.51. The summed E-state index contributed by atoms with van der Waals surface area (Å²) in [5, 5.41) is 19.5. The van der Waals surface area contributed by atoms with Crippen molar-refractivity contribution in [3.8, 4) is 6.07 Å². The molecule has 1 heterocycles. The first kappa shape index (κ1) is 11.0. The Hall–Kier alpha value is -2.55. The van der Waals surface area contributed by atoms with E-state index in [4.69, 9.17) is 11.0 Å². The molecule has 1 aromatic carbocycles. The van der Waals surface area contributed by atoms with E-state index >= 15 is 0 Å². The average molecular weight is 228 g/mol. The fourth-order valence-corrected chi connectivity index (χ4v) is 1.44. The number of nitrogen functional groups attached to an aromatic ring is 1. The lowest BCUT2D eigenvalue weighted by Crippen LogP contribution is -2.12. The first-order chi connectivity index (χ1) is 8.29. The molecule has 2 rings (SSSR count). The molecule has 0 aliphatic rings. The minimum atomic E-state index is 0.586. The van der Waals surface area contributed by atoms with E-state index in [1.165, 1.54) is 0 Å². The second kappa shape index (κ2) is 4.99. The average Bonchev–Trinajstić information content (AvgIpc) is 2.84. The van der Waals surface area contributed by atoms with Crippen LogP contribution in [0.1, 0.15) is 5.56 Å². The van der Waals surface area contributed by atoms with Gasteiger partial charge in [-0.15, -0.1) is 5.10 Å². The van der Waals surface area contributed by atoms with Crippen LogP contribution in [0.5, 0.6) is 0 Å². The first-order valence-electron chi connectivity index (χ1n) is 5.17. The molecule has 0 atom stereocenters. The molecule has 86 valence electrons. The van der Waals surface area contributed by atoms with E-state index in [0.717, 1.165) is 5.69 Å². The van der Waals surface area contributed by atoms with Crippen LogP contribution in [0.25, 0.3) is 0 Å². The largest absolute Gasteiger partial charge is 0.397 e. The Morgan fingerprint density at radius 3 is 3.06 bits per heavy atom. The van der Waals surface area contributed by atoms with E-state index in [1.54, 1.807) is 35.3 Å². The number of rotatable bonds is 4. The van der Waals surface area contributed by atoms with Crippen LogP contribution in [0.3, 0.4) is 0 Å². The summed E-state index contributed by atoms with van der Waals surface area (Å²) < 4.78 is 1.72. The summed E-state index contributed by atoms with van der Waals surface area (Å²) in [5.74, 6) is 0. The highest BCUT2D eigenvalue weighted by molar-refractivity contribution is 5.68. The van der Waals surface area contributed by atoms with E-state index < -0.39 is 0 Å². The van der Waals surface area contributed by atoms with Crippen molar-refractivity contribution in [2.75, 3.05) is 17.6 Å². The molecule has 2 aromatic rings. The molecule has 0 fully saturated rings. The topological polar surface area (TPSA) is 92.6 Å². The predicted molar refractivity (Wildman–Crippen MR) is 64.1 cm³/mol. The zero-order chi connectivity index (χ0) is 12.1. The van der Waals surface area contributed by atoms with Gasteiger partial charge in [0, 0.05) is 12.7 Å². The van der Waals surface area contributed by atoms with E-state index in [0.29, 0.717) is 24.3 Å². The molecule has 0 bridgehead atoms. The van der Waals surface area contributed by atoms with Crippen LogP contribution in [0.4, 0.5) is 11.4 Å². The molecule has 3 N–H and O–H groups in total. The lowest BCUT2D eigenvalue weighted by Gasteiger charge is -2.09. The number of hydrogen-bond acceptors (Lipinski definition) is 5. The lowest BCUT2D eigenvalue weighted by molar-refractivity contribution is 0.609. The number of benzene rings is 1. The monoisotopic (exact) mass is 228 g/mol. The van der Waals surface area contributed by atoms with Crippen LogP contribution in [-0.4, -0.2) is 21.5 Å². The summed E-state index contributed by atoms with van der Waals surface area (Å²) in [7, 11) is 0. The van der Waals surface area contributed by atoms with Crippen molar-refractivity contribution in [2.45, 2.75) is 6.54 Å². The van der Waals surface area contributed by atoms with Crippen molar-refractivity contribution in [1.29, 1.82) is 5.26 Å². The minimum Gasteiger partial charge on any atom is -0.397 e. The van der Waals surface area contributed by atoms with Gasteiger partial charge >= 0.3 is 0 Å². The molecule has 6 heteroatoms. The minimum absolute atomic E-state index is 0.586. The predicted octanol–water partition coefficient (Wildman–Crippen LogP) is 0.844. The van der Waals surface area contributed by atoms with Gasteiger partial charge in [0.05, 0.1) is 35.7 Å². The maximum absolute atomic E-state index is 8.79. The molecule has 0 unspecified atom stereocenters. The van der Waals surface area contributed by atoms with Gasteiger partial charge in [0.15, 0.2) is 0 Å². The molecule has 0 saturated heterocycles. The summed E-state index contributed by atoms with van der Waals surface area (Å²) in [5.41, 5.74) is 7.78. The van der Waals surface area contributed by atoms with Crippen molar-refractivity contribution in [2.24, 2.45) is 0 Å². The van der Waals surface area contributed by atoms with Gasteiger partial charge in [0.1, 0.15) is 0 Å². The van der Waals surface area contributed by atoms with Gasteiger partial charge in [-0.25, -0.2) is 0 Å². The molecule has 0 radical (unpaired) electrons. The summed E-state index contributed by atoms with van der Waals surface area (Å²) in [6.45, 7) is 1.36. The van der Waals surface area contributed by atoms with Crippen LogP contribution in [-0.2, 0) is 6.54 Å². The van der Waals surface area contributed by atoms with Crippen molar-refractivity contribution < 1.29 is 0 Å². The van der Waals surface area contributed by atoms with E-state index in [1.807, 2.05) is 0 Å². The summed E-state index contributed by atoms with van der Waals surface area (Å²) in [4.78, 5) is 0. The van der Waals surface area contributed by atoms with Gasteiger partial charge in [-0.2, -0.15) is 5.26 Å². The zero-order valence-electron chi connectivity index (χ0n) is 9.17. The molecule has 0 aliphatic heterocycles. The molecular formula is C11H12N6. The number of nitrogens with one attached hydrogen (secondary N) is 1. The fraction of sp³-hybridized carbons (Fsp3) is 0.182. The molecule has 6 nitrogen and oxygen atoms in total. The molecular weight excluding hydrogens is 216 g/mol. The summed E-state index contributed by atoms with van der Waals surface area (Å²) in [6, 6.07) is 7.22. The normalized spacial score (nSPS) is 9.82. The number of nitrogens with two attached hydrogens (primary N) is 1. The van der Waals surface area contributed by atoms with Crippen molar-refractivity contribution in [1.82, 2.24) is 15.0 Å². The third kappa shape index (κ3) is 2.72. The number of anilines is 2. The Bertz CT molecular complexity index is 525. The Kier molecular flexibility index (Phi) is 3.21. The van der Waals surface area contributed by atoms with E-state index in [2.05, 4.69) is 21.7 Å². The highest BCUT2D eigenvalue weighted by Gasteiger charge is 2.00. The molecule has 0 saturated carbocycles. The Morgan fingerprint density at radius 1 is 1.47 bits per heavy atom. The number of nitriles is 1. The maximum atomic E-state index is 8.79. The van der Waals surface area contributed by atoms with E-state index in [9.17, 15) is 0 Å². The van der Waals surface area contributed by atoms with Gasteiger partial charge in [-0.05, 0) is 18.2 Å². The van der Waals surface area contributed by atoms with Crippen molar-refractivity contribution >= 4 is 11.4 Å². The van der Waals surface area contributed by atoms with Crippen LogP contribution in [0.15, 0.2) is 30.6 Å². The molecule has 0 spiro atoms. The van der Waals surface area contributed by atoms with Crippen LogP contribution in [0, 0.1) is 11.3 Å². The van der Waals surface area contributed by atoms with Crippen molar-refractivity contribution in [3.05, 3.63) is 36.2 Å². The molecule has 0 amide bonds. The Labute approximate surface area is 98.7 Å². The quantitative estimate of drug-likeness (QED) is 0.756. The first-order valence-corrected chi connectivity index (χ1v) is 5.17. The molecule has 17 heavy (non-hydrogen) atoms.